The summed E-state index contributed by atoms with van der Waals surface area (Å²) in [5, 5.41) is 2.95. The largest absolute Gasteiger partial charge is 0.378 e. The number of carbonyl (C=O) groups excluding carboxylic acids is 1. The zero-order valence-electron chi connectivity index (χ0n) is 10.3. The van der Waals surface area contributed by atoms with Gasteiger partial charge >= 0.3 is 6.03 Å². The van der Waals surface area contributed by atoms with Gasteiger partial charge in [0.2, 0.25) is 0 Å². The molecule has 0 unspecified atom stereocenters. The van der Waals surface area contributed by atoms with Gasteiger partial charge in [-0.25, -0.2) is 4.79 Å². The molecule has 17 heavy (non-hydrogen) atoms. The van der Waals surface area contributed by atoms with E-state index in [2.05, 4.69) is 5.32 Å². The first-order chi connectivity index (χ1) is 8.16. The minimum atomic E-state index is -0.0398. The number of anilines is 1. The Kier molecular flexibility index (Phi) is 3.64. The van der Waals surface area contributed by atoms with Gasteiger partial charge in [0.25, 0.3) is 0 Å². The molecule has 0 bridgehead atoms. The van der Waals surface area contributed by atoms with Crippen LogP contribution in [-0.2, 0) is 4.74 Å². The highest BCUT2D eigenvalue weighted by Gasteiger charge is 2.17. The zero-order valence-corrected chi connectivity index (χ0v) is 10.3. The summed E-state index contributed by atoms with van der Waals surface area (Å²) in [6.45, 7) is 6.59. The molecule has 1 aliphatic heterocycles. The van der Waals surface area contributed by atoms with Crippen LogP contribution in [0.15, 0.2) is 18.2 Å². The maximum Gasteiger partial charge on any atom is 0.322 e. The molecule has 0 radical (unpaired) electrons. The molecular formula is C13H18N2O2. The molecule has 1 heterocycles. The molecule has 2 rings (SSSR count). The molecule has 1 aromatic rings. The fourth-order valence-corrected chi connectivity index (χ4v) is 1.83. The van der Waals surface area contributed by atoms with Crippen molar-refractivity contribution in [2.45, 2.75) is 13.8 Å². The van der Waals surface area contributed by atoms with Gasteiger partial charge in [0.15, 0.2) is 0 Å². The quantitative estimate of drug-likeness (QED) is 0.809. The second-order valence-electron chi connectivity index (χ2n) is 4.35. The maximum absolute atomic E-state index is 12.0. The van der Waals surface area contributed by atoms with Gasteiger partial charge in [-0.15, -0.1) is 0 Å². The van der Waals surface area contributed by atoms with Crippen molar-refractivity contribution in [1.29, 1.82) is 0 Å². The van der Waals surface area contributed by atoms with Crippen LogP contribution in [-0.4, -0.2) is 37.2 Å². The summed E-state index contributed by atoms with van der Waals surface area (Å²) in [4.78, 5) is 13.8. The number of nitrogens with one attached hydrogen (secondary N) is 1. The second-order valence-corrected chi connectivity index (χ2v) is 4.35. The van der Waals surface area contributed by atoms with E-state index < -0.39 is 0 Å². The molecule has 1 N–H and O–H groups in total. The van der Waals surface area contributed by atoms with Gasteiger partial charge in [-0.1, -0.05) is 12.1 Å². The van der Waals surface area contributed by atoms with Gasteiger partial charge in [-0.2, -0.15) is 0 Å². The molecule has 0 spiro atoms. The average Bonchev–Trinajstić information content (AvgIpc) is 2.35. The molecule has 1 aliphatic rings. The molecule has 4 heteroatoms. The predicted molar refractivity (Wildman–Crippen MR) is 67.3 cm³/mol. The number of aryl methyl sites for hydroxylation is 2. The number of morpholine rings is 1. The molecule has 2 amide bonds. The van der Waals surface area contributed by atoms with Crippen molar-refractivity contribution in [1.82, 2.24) is 4.90 Å². The number of hydrogen-bond acceptors (Lipinski definition) is 2. The normalized spacial score (nSPS) is 15.8. The molecule has 1 aromatic carbocycles. The molecular weight excluding hydrogens is 216 g/mol. The van der Waals surface area contributed by atoms with Crippen LogP contribution in [0.2, 0.25) is 0 Å². The molecule has 4 nitrogen and oxygen atoms in total. The van der Waals surface area contributed by atoms with Crippen LogP contribution < -0.4 is 5.32 Å². The van der Waals surface area contributed by atoms with E-state index in [1.165, 1.54) is 0 Å². The lowest BCUT2D eigenvalue weighted by atomic mass is 10.1. The van der Waals surface area contributed by atoms with Crippen molar-refractivity contribution >= 4 is 11.7 Å². The molecule has 0 aromatic heterocycles. The fourth-order valence-electron chi connectivity index (χ4n) is 1.83. The minimum Gasteiger partial charge on any atom is -0.378 e. The third-order valence-electron chi connectivity index (χ3n) is 2.93. The zero-order chi connectivity index (χ0) is 12.3. The lowest BCUT2D eigenvalue weighted by molar-refractivity contribution is 0.0564. The Bertz CT molecular complexity index is 412. The number of urea groups is 1. The first kappa shape index (κ1) is 11.9. The summed E-state index contributed by atoms with van der Waals surface area (Å²) >= 11 is 0. The van der Waals surface area contributed by atoms with Crippen LogP contribution in [0.4, 0.5) is 10.5 Å². The van der Waals surface area contributed by atoms with Crippen LogP contribution in [0.3, 0.4) is 0 Å². The molecule has 92 valence electrons. The lowest BCUT2D eigenvalue weighted by Crippen LogP contribution is -2.43. The van der Waals surface area contributed by atoms with E-state index in [1.54, 1.807) is 4.90 Å². The highest BCUT2D eigenvalue weighted by molar-refractivity contribution is 5.90. The molecule has 1 saturated heterocycles. The Balaban J connectivity index is 2.04. The highest BCUT2D eigenvalue weighted by atomic mass is 16.5. The first-order valence-corrected chi connectivity index (χ1v) is 5.88. The average molecular weight is 234 g/mol. The summed E-state index contributed by atoms with van der Waals surface area (Å²) in [5.74, 6) is 0. The van der Waals surface area contributed by atoms with Crippen molar-refractivity contribution < 1.29 is 9.53 Å². The van der Waals surface area contributed by atoms with Crippen molar-refractivity contribution in [2.24, 2.45) is 0 Å². The van der Waals surface area contributed by atoms with Crippen LogP contribution in [0.1, 0.15) is 11.1 Å². The predicted octanol–water partition coefficient (Wildman–Crippen LogP) is 2.17. The fraction of sp³-hybridized carbons (Fsp3) is 0.462. The van der Waals surface area contributed by atoms with E-state index in [0.29, 0.717) is 26.3 Å². The van der Waals surface area contributed by atoms with Crippen LogP contribution >= 0.6 is 0 Å². The van der Waals surface area contributed by atoms with Gasteiger partial charge in [0.1, 0.15) is 0 Å². The van der Waals surface area contributed by atoms with E-state index in [0.717, 1.165) is 16.8 Å². The van der Waals surface area contributed by atoms with Crippen molar-refractivity contribution in [3.05, 3.63) is 29.3 Å². The van der Waals surface area contributed by atoms with Crippen molar-refractivity contribution in [3.8, 4) is 0 Å². The Morgan fingerprint density at radius 2 is 2.00 bits per heavy atom. The number of benzene rings is 1. The van der Waals surface area contributed by atoms with Gasteiger partial charge in [0, 0.05) is 18.8 Å². The van der Waals surface area contributed by atoms with Gasteiger partial charge in [0.05, 0.1) is 13.2 Å². The van der Waals surface area contributed by atoms with Gasteiger partial charge in [-0.05, 0) is 31.0 Å². The van der Waals surface area contributed by atoms with E-state index >= 15 is 0 Å². The molecule has 0 aliphatic carbocycles. The van der Waals surface area contributed by atoms with Crippen LogP contribution in [0, 0.1) is 13.8 Å². The SMILES string of the molecule is Cc1ccc(C)c(NC(=O)N2CCOCC2)c1. The molecule has 0 saturated carbocycles. The number of amides is 2. The van der Waals surface area contributed by atoms with Crippen molar-refractivity contribution in [2.75, 3.05) is 31.6 Å². The summed E-state index contributed by atoms with van der Waals surface area (Å²) in [6.07, 6.45) is 0. The summed E-state index contributed by atoms with van der Waals surface area (Å²) in [7, 11) is 0. The Hall–Kier alpha value is -1.55. The number of rotatable bonds is 1. The van der Waals surface area contributed by atoms with E-state index in [1.807, 2.05) is 32.0 Å². The standard InChI is InChI=1S/C13H18N2O2/c1-10-3-4-11(2)12(9-10)14-13(16)15-5-7-17-8-6-15/h3-4,9H,5-8H2,1-2H3,(H,14,16). The Morgan fingerprint density at radius 3 is 2.71 bits per heavy atom. The summed E-state index contributed by atoms with van der Waals surface area (Å²) in [5.41, 5.74) is 3.12. The smallest absolute Gasteiger partial charge is 0.322 e. The Labute approximate surface area is 102 Å². The highest BCUT2D eigenvalue weighted by Crippen LogP contribution is 2.17. The monoisotopic (exact) mass is 234 g/mol. The van der Waals surface area contributed by atoms with Crippen molar-refractivity contribution in [3.63, 3.8) is 0 Å². The van der Waals surface area contributed by atoms with E-state index in [-0.39, 0.29) is 6.03 Å². The third kappa shape index (κ3) is 2.97. The molecule has 1 fully saturated rings. The number of nitrogens with zero attached hydrogens (tertiary/aromatic N) is 1. The number of carbonyl (C=O) groups is 1. The summed E-state index contributed by atoms with van der Waals surface area (Å²) in [6, 6.07) is 6.01. The Morgan fingerprint density at radius 1 is 1.29 bits per heavy atom. The van der Waals surface area contributed by atoms with Crippen LogP contribution in [0.5, 0.6) is 0 Å². The van der Waals surface area contributed by atoms with E-state index in [4.69, 9.17) is 4.74 Å². The van der Waals surface area contributed by atoms with Crippen LogP contribution in [0.25, 0.3) is 0 Å². The number of ether oxygens (including phenoxy) is 1. The first-order valence-electron chi connectivity index (χ1n) is 5.88. The minimum absolute atomic E-state index is 0.0398. The van der Waals surface area contributed by atoms with Gasteiger partial charge in [-0.3, -0.25) is 0 Å². The van der Waals surface area contributed by atoms with E-state index in [9.17, 15) is 4.79 Å². The van der Waals surface area contributed by atoms with Gasteiger partial charge < -0.3 is 15.0 Å². The second kappa shape index (κ2) is 5.19. The maximum atomic E-state index is 12.0. The molecule has 0 atom stereocenters. The third-order valence-corrected chi connectivity index (χ3v) is 2.93. The number of hydrogen-bond donors (Lipinski definition) is 1. The lowest BCUT2D eigenvalue weighted by Gasteiger charge is -2.27. The topological polar surface area (TPSA) is 41.6 Å². The summed E-state index contributed by atoms with van der Waals surface area (Å²) < 4.78 is 5.22.